The number of piperidine rings is 1. The normalized spacial score (nSPS) is 29.8. The van der Waals surface area contributed by atoms with Gasteiger partial charge < -0.3 is 35.0 Å². The molecule has 0 bridgehead atoms. The van der Waals surface area contributed by atoms with Crippen LogP contribution in [-0.4, -0.2) is 99.9 Å². The predicted molar refractivity (Wildman–Crippen MR) is 110 cm³/mol. The van der Waals surface area contributed by atoms with Crippen molar-refractivity contribution in [2.24, 2.45) is 11.8 Å². The molecule has 11 heteroatoms. The molecule has 0 aliphatic carbocycles. The minimum Gasteiger partial charge on any atom is -0.477 e. The molecule has 11 nitrogen and oxygen atoms in total. The molecule has 0 radical (unpaired) electrons. The van der Waals surface area contributed by atoms with E-state index in [9.17, 15) is 29.4 Å². The number of amides is 4. The van der Waals surface area contributed by atoms with Crippen molar-refractivity contribution in [1.82, 2.24) is 20.0 Å². The number of rotatable bonds is 5. The number of hydrogen-bond acceptors (Lipinski definition) is 6. The molecule has 1 unspecified atom stereocenters. The lowest BCUT2D eigenvalue weighted by molar-refractivity contribution is -0.163. The summed E-state index contributed by atoms with van der Waals surface area (Å²) in [4.78, 5) is 53.5. The maximum absolute atomic E-state index is 12.9. The Labute approximate surface area is 185 Å². The Morgan fingerprint density at radius 2 is 2.00 bits per heavy atom. The molecule has 174 valence electrons. The van der Waals surface area contributed by atoms with Crippen LogP contribution in [0.15, 0.2) is 23.9 Å². The highest BCUT2D eigenvalue weighted by molar-refractivity contribution is 6.00. The van der Waals surface area contributed by atoms with Gasteiger partial charge in [-0.1, -0.05) is 12.7 Å². The fourth-order valence-corrected chi connectivity index (χ4v) is 5.31. The molecule has 0 aromatic heterocycles. The minimum atomic E-state index is -1.20. The van der Waals surface area contributed by atoms with Crippen LogP contribution in [0.2, 0.25) is 0 Å². The summed E-state index contributed by atoms with van der Waals surface area (Å²) in [7, 11) is 0. The number of carbonyl (C=O) groups excluding carboxylic acids is 3. The van der Waals surface area contributed by atoms with Gasteiger partial charge in [-0.05, 0) is 25.3 Å². The number of carbonyl (C=O) groups is 4. The number of nitrogens with one attached hydrogen (secondary N) is 1. The molecule has 3 fully saturated rings. The van der Waals surface area contributed by atoms with Gasteiger partial charge in [0.2, 0.25) is 5.91 Å². The predicted octanol–water partition coefficient (Wildman–Crippen LogP) is -0.0251. The smallest absolute Gasteiger partial charge is 0.410 e. The Hall–Kier alpha value is -3.08. The van der Waals surface area contributed by atoms with Crippen LogP contribution in [0.5, 0.6) is 0 Å². The fourth-order valence-electron chi connectivity index (χ4n) is 5.31. The maximum Gasteiger partial charge on any atom is 0.410 e. The van der Waals surface area contributed by atoms with Gasteiger partial charge in [0, 0.05) is 38.1 Å². The molecule has 3 N–H and O–H groups in total. The molecular weight excluding hydrogens is 420 g/mol. The first-order chi connectivity index (χ1) is 15.2. The van der Waals surface area contributed by atoms with Crippen LogP contribution in [-0.2, 0) is 14.3 Å². The first-order valence-corrected chi connectivity index (χ1v) is 10.8. The monoisotopic (exact) mass is 448 g/mol. The third-order valence-electron chi connectivity index (χ3n) is 6.77. The Morgan fingerprint density at radius 3 is 2.66 bits per heavy atom. The first-order valence-electron chi connectivity index (χ1n) is 10.8. The van der Waals surface area contributed by atoms with E-state index in [1.54, 1.807) is 11.8 Å². The second-order valence-electron chi connectivity index (χ2n) is 8.71. The molecule has 5 atom stereocenters. The number of likely N-dealkylation sites (tertiary alicyclic amines) is 2. The summed E-state index contributed by atoms with van der Waals surface area (Å²) in [5.41, 5.74) is 0.498. The van der Waals surface area contributed by atoms with Crippen molar-refractivity contribution in [3.63, 3.8) is 0 Å². The molecule has 4 rings (SSSR count). The van der Waals surface area contributed by atoms with Crippen molar-refractivity contribution >= 4 is 24.0 Å². The third kappa shape index (κ3) is 3.60. The molecule has 0 aromatic rings. The van der Waals surface area contributed by atoms with Crippen molar-refractivity contribution < 1.29 is 34.1 Å². The zero-order valence-corrected chi connectivity index (χ0v) is 17.9. The Kier molecular flexibility index (Phi) is 5.85. The highest BCUT2D eigenvalue weighted by Crippen LogP contribution is 2.50. The van der Waals surface area contributed by atoms with Gasteiger partial charge in [0.05, 0.1) is 18.1 Å². The molecule has 32 heavy (non-hydrogen) atoms. The van der Waals surface area contributed by atoms with Crippen molar-refractivity contribution in [2.45, 2.75) is 38.0 Å². The minimum absolute atomic E-state index is 0.0589. The number of carboxylic acid groups (broad SMARTS) is 1. The first kappa shape index (κ1) is 22.1. The Morgan fingerprint density at radius 1 is 1.28 bits per heavy atom. The fraction of sp³-hybridized carbons (Fsp3) is 0.619. The summed E-state index contributed by atoms with van der Waals surface area (Å²) < 4.78 is 5.02. The standard InChI is InChI=1S/C21H28N4O7/c1-3-8-32-21(31)24-6-4-12(9-24)22-20(30)23-7-5-13-14(10-23)17(19(28)29)25-16(13)15(11(2)26)18(25)27/h3,11-13,15-16,26H,1,4-10H2,2H3,(H,22,30)(H,28,29)/t11-,12?,13+,15-,16-/m1/s1. The number of fused-ring (bicyclic) bond motifs is 3. The molecule has 0 spiro atoms. The van der Waals surface area contributed by atoms with E-state index in [0.29, 0.717) is 38.0 Å². The number of β-lactam (4-membered cyclic amide) rings is 1. The van der Waals surface area contributed by atoms with Gasteiger partial charge in [-0.2, -0.15) is 0 Å². The number of carboxylic acids is 1. The molecule has 4 amide bonds. The van der Waals surface area contributed by atoms with E-state index in [1.165, 1.54) is 15.9 Å². The maximum atomic E-state index is 12.9. The zero-order valence-electron chi connectivity index (χ0n) is 17.9. The zero-order chi connectivity index (χ0) is 23.2. The van der Waals surface area contributed by atoms with Gasteiger partial charge in [0.15, 0.2) is 0 Å². The van der Waals surface area contributed by atoms with Crippen LogP contribution in [0.25, 0.3) is 0 Å². The largest absolute Gasteiger partial charge is 0.477 e. The third-order valence-corrected chi connectivity index (χ3v) is 6.77. The van der Waals surface area contributed by atoms with Gasteiger partial charge in [-0.3, -0.25) is 4.79 Å². The van der Waals surface area contributed by atoms with Crippen molar-refractivity contribution in [2.75, 3.05) is 32.8 Å². The van der Waals surface area contributed by atoms with Gasteiger partial charge in [-0.15, -0.1) is 0 Å². The van der Waals surface area contributed by atoms with Crippen LogP contribution >= 0.6 is 0 Å². The SMILES string of the molecule is C=CCOC(=O)N1CCC(NC(=O)N2CC[C@H]3C(=C(C(=O)O)N4C(=O)[C@H]([C@@H](C)O)[C@@H]34)C2)C1. The van der Waals surface area contributed by atoms with E-state index in [4.69, 9.17) is 4.74 Å². The number of ether oxygens (including phenoxy) is 1. The van der Waals surface area contributed by atoms with Gasteiger partial charge in [0.1, 0.15) is 12.3 Å². The highest BCUT2D eigenvalue weighted by Gasteiger charge is 2.61. The number of aliphatic hydroxyl groups excluding tert-OH is 1. The van der Waals surface area contributed by atoms with E-state index >= 15 is 0 Å². The summed E-state index contributed by atoms with van der Waals surface area (Å²) >= 11 is 0. The lowest BCUT2D eigenvalue weighted by atomic mass is 9.74. The van der Waals surface area contributed by atoms with Crippen molar-refractivity contribution in [3.05, 3.63) is 23.9 Å². The van der Waals surface area contributed by atoms with Crippen LogP contribution in [0.3, 0.4) is 0 Å². The molecule has 3 saturated heterocycles. The van der Waals surface area contributed by atoms with Crippen molar-refractivity contribution in [3.8, 4) is 0 Å². The second-order valence-corrected chi connectivity index (χ2v) is 8.71. The summed E-state index contributed by atoms with van der Waals surface area (Å²) in [5, 5.41) is 22.6. The lowest BCUT2D eigenvalue weighted by Gasteiger charge is -2.47. The number of aliphatic carboxylic acids is 1. The average Bonchev–Trinajstić information content (AvgIpc) is 3.32. The summed E-state index contributed by atoms with van der Waals surface area (Å²) in [6.07, 6.45) is 1.28. The van der Waals surface area contributed by atoms with Gasteiger partial charge >= 0.3 is 18.1 Å². The molecule has 4 heterocycles. The van der Waals surface area contributed by atoms with Crippen LogP contribution < -0.4 is 5.32 Å². The summed E-state index contributed by atoms with van der Waals surface area (Å²) in [6.45, 7) is 6.50. The summed E-state index contributed by atoms with van der Waals surface area (Å²) in [5.74, 6) is -2.37. The van der Waals surface area contributed by atoms with E-state index in [-0.39, 0.29) is 48.8 Å². The summed E-state index contributed by atoms with van der Waals surface area (Å²) in [6, 6.07) is -0.924. The molecule has 4 aliphatic rings. The van der Waals surface area contributed by atoms with E-state index in [1.807, 2.05) is 0 Å². The average molecular weight is 448 g/mol. The Bertz CT molecular complexity index is 885. The molecular formula is C21H28N4O7. The molecule has 0 saturated carbocycles. The lowest BCUT2D eigenvalue weighted by Crippen LogP contribution is -2.64. The number of urea groups is 1. The van der Waals surface area contributed by atoms with Crippen molar-refractivity contribution in [1.29, 1.82) is 0 Å². The van der Waals surface area contributed by atoms with E-state index in [0.717, 1.165) is 0 Å². The van der Waals surface area contributed by atoms with Gasteiger partial charge in [0.25, 0.3) is 0 Å². The highest BCUT2D eigenvalue weighted by atomic mass is 16.6. The number of nitrogens with zero attached hydrogens (tertiary/aromatic N) is 3. The van der Waals surface area contributed by atoms with E-state index < -0.39 is 24.1 Å². The van der Waals surface area contributed by atoms with E-state index in [2.05, 4.69) is 11.9 Å². The number of aliphatic hydroxyl groups is 1. The van der Waals surface area contributed by atoms with Crippen LogP contribution in [0.1, 0.15) is 19.8 Å². The van der Waals surface area contributed by atoms with Crippen LogP contribution in [0, 0.1) is 11.8 Å². The quantitative estimate of drug-likeness (QED) is 0.396. The Balaban J connectivity index is 1.40. The number of hydrogen-bond donors (Lipinski definition) is 3. The molecule has 0 aromatic carbocycles. The molecule has 4 aliphatic heterocycles. The van der Waals surface area contributed by atoms with Crippen LogP contribution in [0.4, 0.5) is 9.59 Å². The van der Waals surface area contributed by atoms with Gasteiger partial charge in [-0.25, -0.2) is 14.4 Å². The second kappa shape index (κ2) is 8.45. The topological polar surface area (TPSA) is 140 Å².